The van der Waals surface area contributed by atoms with Crippen LogP contribution < -0.4 is 5.32 Å². The molecule has 0 aliphatic carbocycles. The average Bonchev–Trinajstić information content (AvgIpc) is 2.25. The molecule has 1 rings (SSSR count). The molecule has 1 atom stereocenters. The molecule has 84 valence electrons. The Labute approximate surface area is 92.3 Å². The molecule has 0 bridgehead atoms. The van der Waals surface area contributed by atoms with Crippen molar-refractivity contribution in [2.75, 3.05) is 6.54 Å². The highest BCUT2D eigenvalue weighted by Gasteiger charge is 2.12. The molecule has 3 nitrogen and oxygen atoms in total. The van der Waals surface area contributed by atoms with E-state index in [0.29, 0.717) is 6.04 Å². The van der Waals surface area contributed by atoms with Crippen LogP contribution >= 0.6 is 0 Å². The Kier molecular flexibility index (Phi) is 5.26. The molecule has 1 aromatic heterocycles. The van der Waals surface area contributed by atoms with E-state index in [0.717, 1.165) is 24.7 Å². The van der Waals surface area contributed by atoms with E-state index in [1.807, 2.05) is 18.5 Å². The normalized spacial score (nSPS) is 13.1. The SMILES string of the molecule is CCNC(CCC(C)C)c1ncccn1. The first-order valence-electron chi connectivity index (χ1n) is 5.74. The minimum atomic E-state index is 0.304. The fraction of sp³-hybridized carbons (Fsp3) is 0.667. The quantitative estimate of drug-likeness (QED) is 0.779. The lowest BCUT2D eigenvalue weighted by Crippen LogP contribution is -2.23. The lowest BCUT2D eigenvalue weighted by Gasteiger charge is -2.17. The molecule has 3 heteroatoms. The number of hydrogen-bond acceptors (Lipinski definition) is 3. The first kappa shape index (κ1) is 12.1. The lowest BCUT2D eigenvalue weighted by molar-refractivity contribution is 0.433. The summed E-state index contributed by atoms with van der Waals surface area (Å²) in [4.78, 5) is 8.60. The van der Waals surface area contributed by atoms with Gasteiger partial charge in [0.2, 0.25) is 0 Å². The van der Waals surface area contributed by atoms with Crippen molar-refractivity contribution in [3.63, 3.8) is 0 Å². The van der Waals surface area contributed by atoms with Crippen LogP contribution in [0.3, 0.4) is 0 Å². The highest BCUT2D eigenvalue weighted by molar-refractivity contribution is 4.95. The van der Waals surface area contributed by atoms with Gasteiger partial charge in [-0.2, -0.15) is 0 Å². The van der Waals surface area contributed by atoms with Crippen LogP contribution in [0.2, 0.25) is 0 Å². The molecule has 0 saturated heterocycles. The monoisotopic (exact) mass is 207 g/mol. The minimum Gasteiger partial charge on any atom is -0.308 e. The van der Waals surface area contributed by atoms with Crippen molar-refractivity contribution in [2.45, 2.75) is 39.7 Å². The molecule has 0 aromatic carbocycles. The summed E-state index contributed by atoms with van der Waals surface area (Å²) in [5.41, 5.74) is 0. The third-order valence-electron chi connectivity index (χ3n) is 2.38. The van der Waals surface area contributed by atoms with E-state index in [-0.39, 0.29) is 0 Å². The van der Waals surface area contributed by atoms with Gasteiger partial charge in [-0.25, -0.2) is 9.97 Å². The van der Waals surface area contributed by atoms with E-state index < -0.39 is 0 Å². The third kappa shape index (κ3) is 4.38. The van der Waals surface area contributed by atoms with Crippen molar-refractivity contribution < 1.29 is 0 Å². The highest BCUT2D eigenvalue weighted by atomic mass is 15.0. The van der Waals surface area contributed by atoms with Crippen molar-refractivity contribution in [3.8, 4) is 0 Å². The Bertz CT molecular complexity index is 259. The summed E-state index contributed by atoms with van der Waals surface area (Å²) in [5, 5.41) is 3.43. The Morgan fingerprint density at radius 3 is 2.40 bits per heavy atom. The van der Waals surface area contributed by atoms with Crippen LogP contribution in [0.1, 0.15) is 45.5 Å². The zero-order valence-electron chi connectivity index (χ0n) is 9.90. The van der Waals surface area contributed by atoms with E-state index in [1.165, 1.54) is 6.42 Å². The van der Waals surface area contributed by atoms with Crippen LogP contribution in [-0.4, -0.2) is 16.5 Å². The van der Waals surface area contributed by atoms with Crippen LogP contribution in [0.15, 0.2) is 18.5 Å². The molecule has 0 aliphatic heterocycles. The second kappa shape index (κ2) is 6.51. The molecule has 1 heterocycles. The minimum absolute atomic E-state index is 0.304. The van der Waals surface area contributed by atoms with Crippen LogP contribution in [-0.2, 0) is 0 Å². The standard InChI is InChI=1S/C12H21N3/c1-4-13-11(7-6-10(2)3)12-14-8-5-9-15-12/h5,8-11,13H,4,6-7H2,1-3H3. The number of rotatable bonds is 6. The first-order valence-corrected chi connectivity index (χ1v) is 5.74. The van der Waals surface area contributed by atoms with Gasteiger partial charge in [0.25, 0.3) is 0 Å². The van der Waals surface area contributed by atoms with E-state index >= 15 is 0 Å². The van der Waals surface area contributed by atoms with Crippen molar-refractivity contribution in [1.82, 2.24) is 15.3 Å². The number of nitrogens with zero attached hydrogens (tertiary/aromatic N) is 2. The maximum Gasteiger partial charge on any atom is 0.145 e. The van der Waals surface area contributed by atoms with Crippen molar-refractivity contribution >= 4 is 0 Å². The van der Waals surface area contributed by atoms with Gasteiger partial charge in [-0.3, -0.25) is 0 Å². The van der Waals surface area contributed by atoms with E-state index in [9.17, 15) is 0 Å². The van der Waals surface area contributed by atoms with Gasteiger partial charge in [0.15, 0.2) is 0 Å². The Hall–Kier alpha value is -0.960. The summed E-state index contributed by atoms with van der Waals surface area (Å²) in [7, 11) is 0. The van der Waals surface area contributed by atoms with E-state index in [1.54, 1.807) is 0 Å². The molecule has 0 spiro atoms. The first-order chi connectivity index (χ1) is 7.24. The maximum atomic E-state index is 4.30. The Morgan fingerprint density at radius 1 is 1.20 bits per heavy atom. The number of hydrogen-bond donors (Lipinski definition) is 1. The maximum absolute atomic E-state index is 4.30. The molecular weight excluding hydrogens is 186 g/mol. The highest BCUT2D eigenvalue weighted by Crippen LogP contribution is 2.17. The van der Waals surface area contributed by atoms with Crippen LogP contribution in [0.4, 0.5) is 0 Å². The van der Waals surface area contributed by atoms with E-state index in [4.69, 9.17) is 0 Å². The van der Waals surface area contributed by atoms with Gasteiger partial charge in [-0.15, -0.1) is 0 Å². The summed E-state index contributed by atoms with van der Waals surface area (Å²) in [5.74, 6) is 1.65. The largest absolute Gasteiger partial charge is 0.308 e. The molecule has 0 radical (unpaired) electrons. The predicted octanol–water partition coefficient (Wildman–Crippen LogP) is 2.56. The van der Waals surface area contributed by atoms with Gasteiger partial charge >= 0.3 is 0 Å². The van der Waals surface area contributed by atoms with Gasteiger partial charge in [0, 0.05) is 12.4 Å². The van der Waals surface area contributed by atoms with Gasteiger partial charge in [0.05, 0.1) is 6.04 Å². The number of aromatic nitrogens is 2. The van der Waals surface area contributed by atoms with Crippen LogP contribution in [0.5, 0.6) is 0 Å². The molecule has 1 aromatic rings. The second-order valence-corrected chi connectivity index (χ2v) is 4.19. The van der Waals surface area contributed by atoms with Crippen molar-refractivity contribution in [3.05, 3.63) is 24.3 Å². The van der Waals surface area contributed by atoms with Crippen molar-refractivity contribution in [2.24, 2.45) is 5.92 Å². The fourth-order valence-electron chi connectivity index (χ4n) is 1.56. The van der Waals surface area contributed by atoms with Crippen molar-refractivity contribution in [1.29, 1.82) is 0 Å². The third-order valence-corrected chi connectivity index (χ3v) is 2.38. The second-order valence-electron chi connectivity index (χ2n) is 4.19. The molecule has 0 amide bonds. The van der Waals surface area contributed by atoms with Gasteiger partial charge in [-0.1, -0.05) is 20.8 Å². The molecular formula is C12H21N3. The fourth-order valence-corrected chi connectivity index (χ4v) is 1.56. The molecule has 0 saturated carbocycles. The molecule has 15 heavy (non-hydrogen) atoms. The predicted molar refractivity (Wildman–Crippen MR) is 62.5 cm³/mol. The molecule has 1 N–H and O–H groups in total. The summed E-state index contributed by atoms with van der Waals surface area (Å²) in [6.45, 7) is 7.57. The molecule has 0 fully saturated rings. The van der Waals surface area contributed by atoms with Crippen LogP contribution in [0, 0.1) is 5.92 Å². The summed E-state index contributed by atoms with van der Waals surface area (Å²) < 4.78 is 0. The van der Waals surface area contributed by atoms with Gasteiger partial charge in [-0.05, 0) is 31.4 Å². The van der Waals surface area contributed by atoms with Gasteiger partial charge in [0.1, 0.15) is 5.82 Å². The smallest absolute Gasteiger partial charge is 0.145 e. The zero-order chi connectivity index (χ0) is 11.1. The van der Waals surface area contributed by atoms with Crippen LogP contribution in [0.25, 0.3) is 0 Å². The summed E-state index contributed by atoms with van der Waals surface area (Å²) in [6, 6.07) is 2.16. The zero-order valence-corrected chi connectivity index (χ0v) is 9.90. The summed E-state index contributed by atoms with van der Waals surface area (Å²) in [6.07, 6.45) is 5.93. The Balaban J connectivity index is 2.57. The molecule has 0 aliphatic rings. The number of nitrogens with one attached hydrogen (secondary N) is 1. The van der Waals surface area contributed by atoms with Gasteiger partial charge < -0.3 is 5.32 Å². The van der Waals surface area contributed by atoms with E-state index in [2.05, 4.69) is 36.1 Å². The molecule has 1 unspecified atom stereocenters. The topological polar surface area (TPSA) is 37.8 Å². The summed E-state index contributed by atoms with van der Waals surface area (Å²) >= 11 is 0. The lowest BCUT2D eigenvalue weighted by atomic mass is 10.0. The average molecular weight is 207 g/mol. The Morgan fingerprint density at radius 2 is 1.87 bits per heavy atom.